The minimum absolute atomic E-state index is 0.0101. The maximum absolute atomic E-state index is 12.4. The molecule has 2 aromatic carbocycles. The normalized spacial score (nSPS) is 10.7. The number of benzene rings is 2. The van der Waals surface area contributed by atoms with Gasteiger partial charge in [-0.1, -0.05) is 0 Å². The Kier molecular flexibility index (Phi) is 7.11. The molecule has 11 heteroatoms. The SMILES string of the molecule is CCOC(=O)c1ccc(NC(=S)Nc2ccc(S(=O)(=O)Nc3ncccn3)cc2)cc1. The van der Waals surface area contributed by atoms with Gasteiger partial charge in [-0.3, -0.25) is 0 Å². The van der Waals surface area contributed by atoms with Crippen LogP contribution in [0.4, 0.5) is 17.3 Å². The molecule has 0 saturated heterocycles. The second-order valence-corrected chi connectivity index (χ2v) is 8.17. The van der Waals surface area contributed by atoms with Crippen molar-refractivity contribution in [2.45, 2.75) is 11.8 Å². The van der Waals surface area contributed by atoms with Gasteiger partial charge in [0.25, 0.3) is 10.0 Å². The van der Waals surface area contributed by atoms with Gasteiger partial charge in [0, 0.05) is 23.8 Å². The highest BCUT2D eigenvalue weighted by Gasteiger charge is 2.15. The van der Waals surface area contributed by atoms with Crippen molar-refractivity contribution < 1.29 is 17.9 Å². The number of sulfonamides is 1. The zero-order chi connectivity index (χ0) is 22.3. The van der Waals surface area contributed by atoms with Gasteiger partial charge in [0.15, 0.2) is 5.11 Å². The van der Waals surface area contributed by atoms with Crippen molar-refractivity contribution in [3.63, 3.8) is 0 Å². The summed E-state index contributed by atoms with van der Waals surface area (Å²) in [6.45, 7) is 2.05. The van der Waals surface area contributed by atoms with Crippen molar-refractivity contribution in [3.05, 3.63) is 72.6 Å². The predicted molar refractivity (Wildman–Crippen MR) is 122 cm³/mol. The second-order valence-electron chi connectivity index (χ2n) is 6.08. The minimum atomic E-state index is -3.81. The van der Waals surface area contributed by atoms with E-state index in [1.54, 1.807) is 49.4 Å². The third-order valence-corrected chi connectivity index (χ3v) is 5.42. The maximum Gasteiger partial charge on any atom is 0.338 e. The van der Waals surface area contributed by atoms with Crippen LogP contribution in [0.15, 0.2) is 71.9 Å². The lowest BCUT2D eigenvalue weighted by Crippen LogP contribution is -2.19. The van der Waals surface area contributed by atoms with Crippen LogP contribution in [0.2, 0.25) is 0 Å². The van der Waals surface area contributed by atoms with E-state index in [0.29, 0.717) is 28.7 Å². The number of hydrogen-bond acceptors (Lipinski definition) is 7. The highest BCUT2D eigenvalue weighted by molar-refractivity contribution is 7.92. The van der Waals surface area contributed by atoms with Crippen LogP contribution >= 0.6 is 12.2 Å². The average molecular weight is 458 g/mol. The topological polar surface area (TPSA) is 122 Å². The monoisotopic (exact) mass is 457 g/mol. The quantitative estimate of drug-likeness (QED) is 0.362. The molecule has 0 atom stereocenters. The molecule has 0 unspecified atom stereocenters. The Labute approximate surface area is 184 Å². The Hall–Kier alpha value is -3.57. The maximum atomic E-state index is 12.4. The van der Waals surface area contributed by atoms with Crippen LogP contribution in [0.3, 0.4) is 0 Å². The fraction of sp³-hybridized carbons (Fsp3) is 0.100. The van der Waals surface area contributed by atoms with Crippen LogP contribution in [0.5, 0.6) is 0 Å². The highest BCUT2D eigenvalue weighted by atomic mass is 32.2. The number of hydrogen-bond donors (Lipinski definition) is 3. The Balaban J connectivity index is 1.59. The molecule has 0 aliphatic rings. The lowest BCUT2D eigenvalue weighted by molar-refractivity contribution is 0.0526. The molecule has 0 spiro atoms. The van der Waals surface area contributed by atoms with Crippen molar-refractivity contribution >= 4 is 50.6 Å². The molecule has 0 bridgehead atoms. The van der Waals surface area contributed by atoms with Gasteiger partial charge in [0.1, 0.15) is 0 Å². The first kappa shape index (κ1) is 22.1. The lowest BCUT2D eigenvalue weighted by Gasteiger charge is -2.12. The van der Waals surface area contributed by atoms with Crippen molar-refractivity contribution in [2.75, 3.05) is 22.0 Å². The molecule has 0 saturated carbocycles. The van der Waals surface area contributed by atoms with Gasteiger partial charge in [0.05, 0.1) is 17.1 Å². The smallest absolute Gasteiger partial charge is 0.338 e. The summed E-state index contributed by atoms with van der Waals surface area (Å²) in [7, 11) is -3.81. The van der Waals surface area contributed by atoms with E-state index in [9.17, 15) is 13.2 Å². The molecule has 1 heterocycles. The first-order valence-corrected chi connectivity index (χ1v) is 11.0. The Bertz CT molecular complexity index is 1150. The molecule has 3 aromatic rings. The Morgan fingerprint density at radius 2 is 1.52 bits per heavy atom. The summed E-state index contributed by atoms with van der Waals surface area (Å²) in [5.41, 5.74) is 1.71. The molecule has 0 aliphatic carbocycles. The van der Waals surface area contributed by atoms with E-state index in [-0.39, 0.29) is 10.8 Å². The number of nitrogens with zero attached hydrogens (tertiary/aromatic N) is 2. The van der Waals surface area contributed by atoms with E-state index in [4.69, 9.17) is 17.0 Å². The number of anilines is 3. The standard InChI is InChI=1S/C20H19N5O4S2/c1-2-29-18(26)14-4-6-15(7-5-14)23-20(30)24-16-8-10-17(11-9-16)31(27,28)25-19-21-12-3-13-22-19/h3-13H,2H2,1H3,(H,21,22,25)(H2,23,24,30). The van der Waals surface area contributed by atoms with E-state index in [2.05, 4.69) is 25.3 Å². The molecule has 0 radical (unpaired) electrons. The fourth-order valence-electron chi connectivity index (χ4n) is 2.45. The summed E-state index contributed by atoms with van der Waals surface area (Å²) in [4.78, 5) is 19.4. The highest BCUT2D eigenvalue weighted by Crippen LogP contribution is 2.17. The average Bonchev–Trinajstić information content (AvgIpc) is 2.75. The zero-order valence-corrected chi connectivity index (χ0v) is 18.0. The molecule has 160 valence electrons. The van der Waals surface area contributed by atoms with Crippen molar-refractivity contribution in [1.82, 2.24) is 9.97 Å². The largest absolute Gasteiger partial charge is 0.462 e. The summed E-state index contributed by atoms with van der Waals surface area (Å²) < 4.78 is 32.1. The molecule has 3 rings (SSSR count). The number of carbonyl (C=O) groups is 1. The Morgan fingerprint density at radius 1 is 0.968 bits per heavy atom. The van der Waals surface area contributed by atoms with Gasteiger partial charge in [-0.25, -0.2) is 27.9 Å². The van der Waals surface area contributed by atoms with Crippen LogP contribution < -0.4 is 15.4 Å². The van der Waals surface area contributed by atoms with Gasteiger partial charge < -0.3 is 15.4 Å². The first-order valence-electron chi connectivity index (χ1n) is 9.12. The van der Waals surface area contributed by atoms with E-state index in [1.165, 1.54) is 24.5 Å². The number of thiocarbonyl (C=S) groups is 1. The molecule has 0 fully saturated rings. The number of nitrogens with one attached hydrogen (secondary N) is 3. The molecule has 0 amide bonds. The van der Waals surface area contributed by atoms with Crippen LogP contribution in [-0.2, 0) is 14.8 Å². The van der Waals surface area contributed by atoms with E-state index in [0.717, 1.165) is 0 Å². The molecule has 3 N–H and O–H groups in total. The van der Waals surface area contributed by atoms with Crippen molar-refractivity contribution in [1.29, 1.82) is 0 Å². The number of rotatable bonds is 7. The molecule has 31 heavy (non-hydrogen) atoms. The van der Waals surface area contributed by atoms with Gasteiger partial charge in [-0.05, 0) is 73.7 Å². The third kappa shape index (κ3) is 6.20. The molecule has 9 nitrogen and oxygen atoms in total. The molecule has 1 aromatic heterocycles. The van der Waals surface area contributed by atoms with Crippen LogP contribution in [0.1, 0.15) is 17.3 Å². The van der Waals surface area contributed by atoms with Crippen molar-refractivity contribution in [2.24, 2.45) is 0 Å². The van der Waals surface area contributed by atoms with Crippen LogP contribution in [0.25, 0.3) is 0 Å². The van der Waals surface area contributed by atoms with Crippen LogP contribution in [-0.4, -0.2) is 36.1 Å². The number of ether oxygens (including phenoxy) is 1. The van der Waals surface area contributed by atoms with E-state index >= 15 is 0 Å². The summed E-state index contributed by atoms with van der Waals surface area (Å²) in [5, 5.41) is 6.25. The molecular formula is C20H19N5O4S2. The van der Waals surface area contributed by atoms with E-state index < -0.39 is 16.0 Å². The minimum Gasteiger partial charge on any atom is -0.462 e. The third-order valence-electron chi connectivity index (χ3n) is 3.87. The number of esters is 1. The summed E-state index contributed by atoms with van der Waals surface area (Å²) in [6.07, 6.45) is 2.88. The number of carbonyl (C=O) groups excluding carboxylic acids is 1. The van der Waals surface area contributed by atoms with Gasteiger partial charge in [-0.15, -0.1) is 0 Å². The van der Waals surface area contributed by atoms with Crippen LogP contribution in [0, 0.1) is 0 Å². The molecular weight excluding hydrogens is 438 g/mol. The fourth-order valence-corrected chi connectivity index (χ4v) is 3.64. The first-order chi connectivity index (χ1) is 14.9. The van der Waals surface area contributed by atoms with Gasteiger partial charge >= 0.3 is 5.97 Å². The van der Waals surface area contributed by atoms with E-state index in [1.807, 2.05) is 0 Å². The lowest BCUT2D eigenvalue weighted by atomic mass is 10.2. The van der Waals surface area contributed by atoms with Crippen molar-refractivity contribution in [3.8, 4) is 0 Å². The summed E-state index contributed by atoms with van der Waals surface area (Å²) in [6, 6.07) is 14.3. The second kappa shape index (κ2) is 9.96. The number of aromatic nitrogens is 2. The summed E-state index contributed by atoms with van der Waals surface area (Å²) in [5.74, 6) is -0.401. The molecule has 0 aliphatic heterocycles. The van der Waals surface area contributed by atoms with Gasteiger partial charge in [0.2, 0.25) is 5.95 Å². The zero-order valence-electron chi connectivity index (χ0n) is 16.4. The summed E-state index contributed by atoms with van der Waals surface area (Å²) >= 11 is 5.28. The Morgan fingerprint density at radius 3 is 2.06 bits per heavy atom. The van der Waals surface area contributed by atoms with Gasteiger partial charge in [-0.2, -0.15) is 0 Å². The predicted octanol–water partition coefficient (Wildman–Crippen LogP) is 3.26.